The molecule has 164 valence electrons. The van der Waals surface area contributed by atoms with Crippen molar-refractivity contribution >= 4 is 21.6 Å². The van der Waals surface area contributed by atoms with Crippen LogP contribution in [-0.2, 0) is 0 Å². The number of piperidine rings is 1. The normalized spacial score (nSPS) is 22.7. The van der Waals surface area contributed by atoms with E-state index in [0.29, 0.717) is 18.2 Å². The summed E-state index contributed by atoms with van der Waals surface area (Å²) in [6.07, 6.45) is 2.56. The minimum Gasteiger partial charge on any atom is -0.508 e. The summed E-state index contributed by atoms with van der Waals surface area (Å²) in [5.41, 5.74) is 2.65. The maximum absolute atomic E-state index is 10.6. The molecular weight excluding hydrogens is 458 g/mol. The Labute approximate surface area is 191 Å². The number of nitrogens with zero attached hydrogens (tertiary/aromatic N) is 2. The lowest BCUT2D eigenvalue weighted by atomic mass is 9.87. The van der Waals surface area contributed by atoms with Crippen LogP contribution in [0.15, 0.2) is 45.9 Å². The molecule has 1 saturated heterocycles. The molecular formula is C24H28BrN3O3. The van der Waals surface area contributed by atoms with E-state index in [-0.39, 0.29) is 18.5 Å². The summed E-state index contributed by atoms with van der Waals surface area (Å²) in [7, 11) is 0. The summed E-state index contributed by atoms with van der Waals surface area (Å²) in [6, 6.07) is 12.2. The quantitative estimate of drug-likeness (QED) is 0.664. The molecule has 3 aliphatic rings. The summed E-state index contributed by atoms with van der Waals surface area (Å²) in [5, 5.41) is 14.4. The number of rotatable bonds is 3. The fraction of sp³-hybridized carbons (Fsp3) is 0.458. The average molecular weight is 486 g/mol. The van der Waals surface area contributed by atoms with Crippen molar-refractivity contribution in [1.82, 2.24) is 10.2 Å². The van der Waals surface area contributed by atoms with Gasteiger partial charge in [-0.1, -0.05) is 15.9 Å². The van der Waals surface area contributed by atoms with Gasteiger partial charge in [-0.25, -0.2) is 0 Å². The SMILES string of the molecule is CC(C)N1CCC2(CC1)N=C(c1ccc3c(c1)OCO3)C[C@@H](c1cc(Br)ccc1O)N2. The van der Waals surface area contributed by atoms with E-state index in [1.54, 1.807) is 6.07 Å². The largest absolute Gasteiger partial charge is 0.508 e. The molecule has 0 aromatic heterocycles. The van der Waals surface area contributed by atoms with Crippen LogP contribution < -0.4 is 14.8 Å². The Bertz CT molecular complexity index is 1020. The molecule has 7 heteroatoms. The van der Waals surface area contributed by atoms with Gasteiger partial charge >= 0.3 is 0 Å². The van der Waals surface area contributed by atoms with Gasteiger partial charge in [0.1, 0.15) is 11.4 Å². The van der Waals surface area contributed by atoms with Crippen molar-refractivity contribution in [3.63, 3.8) is 0 Å². The number of phenolic OH excluding ortho intramolecular Hbond substituents is 1. The van der Waals surface area contributed by atoms with E-state index in [4.69, 9.17) is 14.5 Å². The van der Waals surface area contributed by atoms with Crippen LogP contribution in [0.25, 0.3) is 0 Å². The lowest BCUT2D eigenvalue weighted by Gasteiger charge is -2.46. The van der Waals surface area contributed by atoms with Gasteiger partial charge in [0.25, 0.3) is 0 Å². The highest BCUT2D eigenvalue weighted by atomic mass is 79.9. The number of likely N-dealkylation sites (tertiary alicyclic amines) is 1. The second-order valence-corrected chi connectivity index (χ2v) is 9.81. The molecule has 0 bridgehead atoms. The summed E-state index contributed by atoms with van der Waals surface area (Å²) in [5.74, 6) is 1.85. The monoisotopic (exact) mass is 485 g/mol. The topological polar surface area (TPSA) is 66.3 Å². The smallest absolute Gasteiger partial charge is 0.231 e. The fourth-order valence-electron chi connectivity index (χ4n) is 4.82. The van der Waals surface area contributed by atoms with Gasteiger partial charge in [0.15, 0.2) is 11.5 Å². The molecule has 2 N–H and O–H groups in total. The van der Waals surface area contributed by atoms with Crippen molar-refractivity contribution in [2.24, 2.45) is 4.99 Å². The van der Waals surface area contributed by atoms with Gasteiger partial charge < -0.3 is 19.5 Å². The van der Waals surface area contributed by atoms with Crippen LogP contribution in [0.2, 0.25) is 0 Å². The number of hydrogen-bond acceptors (Lipinski definition) is 6. The number of ether oxygens (including phenoxy) is 2. The Balaban J connectivity index is 1.52. The van der Waals surface area contributed by atoms with Crippen molar-refractivity contribution in [2.75, 3.05) is 19.9 Å². The molecule has 0 saturated carbocycles. The van der Waals surface area contributed by atoms with Gasteiger partial charge in [-0.2, -0.15) is 0 Å². The predicted molar refractivity (Wildman–Crippen MR) is 124 cm³/mol. The lowest BCUT2D eigenvalue weighted by Crippen LogP contribution is -2.56. The summed E-state index contributed by atoms with van der Waals surface area (Å²) in [6.45, 7) is 6.75. The standard InChI is InChI=1S/C24H28BrN3O3/c1-15(2)28-9-7-24(8-10-28)26-19(16-3-6-22-23(11-16)31-14-30-22)13-20(27-24)18-12-17(25)4-5-21(18)29/h3-6,11-12,15,20,27,29H,7-10,13-14H2,1-2H3/t20-/m0/s1. The number of halogens is 1. The molecule has 0 radical (unpaired) electrons. The van der Waals surface area contributed by atoms with Gasteiger partial charge in [-0.3, -0.25) is 10.3 Å². The van der Waals surface area contributed by atoms with Crippen LogP contribution in [0.4, 0.5) is 0 Å². The van der Waals surface area contributed by atoms with Crippen LogP contribution in [-0.4, -0.2) is 47.3 Å². The third-order valence-corrected chi connectivity index (χ3v) is 7.11. The average Bonchev–Trinajstić information content (AvgIpc) is 3.23. The fourth-order valence-corrected chi connectivity index (χ4v) is 5.20. The molecule has 3 heterocycles. The number of hydrogen-bond donors (Lipinski definition) is 2. The van der Waals surface area contributed by atoms with E-state index in [1.165, 1.54) is 0 Å². The molecule has 0 aliphatic carbocycles. The highest BCUT2D eigenvalue weighted by molar-refractivity contribution is 9.10. The van der Waals surface area contributed by atoms with Crippen LogP contribution in [0.3, 0.4) is 0 Å². The second-order valence-electron chi connectivity index (χ2n) is 8.89. The Hall–Kier alpha value is -2.09. The molecule has 31 heavy (non-hydrogen) atoms. The van der Waals surface area contributed by atoms with E-state index in [1.807, 2.05) is 24.3 Å². The number of phenols is 1. The molecule has 3 aliphatic heterocycles. The first-order valence-corrected chi connectivity index (χ1v) is 11.7. The maximum atomic E-state index is 10.6. The lowest BCUT2D eigenvalue weighted by molar-refractivity contribution is 0.103. The maximum Gasteiger partial charge on any atom is 0.231 e. The van der Waals surface area contributed by atoms with Crippen molar-refractivity contribution in [1.29, 1.82) is 0 Å². The van der Waals surface area contributed by atoms with E-state index < -0.39 is 0 Å². The highest BCUT2D eigenvalue weighted by Gasteiger charge is 2.41. The highest BCUT2D eigenvalue weighted by Crippen LogP contribution is 2.40. The Morgan fingerprint density at radius 2 is 1.90 bits per heavy atom. The Kier molecular flexibility index (Phi) is 5.44. The third kappa shape index (κ3) is 4.06. The molecule has 1 fully saturated rings. The summed E-state index contributed by atoms with van der Waals surface area (Å²) < 4.78 is 12.1. The number of aromatic hydroxyl groups is 1. The zero-order chi connectivity index (χ0) is 21.6. The Morgan fingerprint density at radius 3 is 2.68 bits per heavy atom. The van der Waals surface area contributed by atoms with Gasteiger partial charge in [0, 0.05) is 47.3 Å². The number of nitrogens with one attached hydrogen (secondary N) is 1. The number of aliphatic imine (C=N–C) groups is 1. The molecule has 2 aromatic carbocycles. The van der Waals surface area contributed by atoms with Crippen LogP contribution >= 0.6 is 15.9 Å². The van der Waals surface area contributed by atoms with Gasteiger partial charge in [-0.15, -0.1) is 0 Å². The van der Waals surface area contributed by atoms with Crippen LogP contribution in [0.5, 0.6) is 17.2 Å². The molecule has 5 rings (SSSR count). The van der Waals surface area contributed by atoms with E-state index in [9.17, 15) is 5.11 Å². The van der Waals surface area contributed by atoms with Gasteiger partial charge in [0.2, 0.25) is 6.79 Å². The first-order valence-electron chi connectivity index (χ1n) is 10.9. The van der Waals surface area contributed by atoms with E-state index in [0.717, 1.165) is 58.7 Å². The van der Waals surface area contributed by atoms with Gasteiger partial charge in [0.05, 0.1) is 0 Å². The molecule has 0 amide bonds. The molecule has 2 aromatic rings. The number of benzene rings is 2. The second kappa shape index (κ2) is 8.11. The summed E-state index contributed by atoms with van der Waals surface area (Å²) >= 11 is 3.56. The third-order valence-electron chi connectivity index (χ3n) is 6.62. The molecule has 1 spiro atoms. The molecule has 0 unspecified atom stereocenters. The Morgan fingerprint density at radius 1 is 1.13 bits per heavy atom. The first kappa shape index (κ1) is 20.8. The zero-order valence-corrected chi connectivity index (χ0v) is 19.5. The van der Waals surface area contributed by atoms with Crippen LogP contribution in [0.1, 0.15) is 50.3 Å². The molecule has 1 atom stereocenters. The minimum atomic E-state index is -0.339. The predicted octanol–water partition coefficient (Wildman–Crippen LogP) is 4.61. The van der Waals surface area contributed by atoms with Crippen LogP contribution in [0, 0.1) is 0 Å². The van der Waals surface area contributed by atoms with Crippen molar-refractivity contribution < 1.29 is 14.6 Å². The first-order chi connectivity index (χ1) is 14.9. The van der Waals surface area contributed by atoms with E-state index >= 15 is 0 Å². The minimum absolute atomic E-state index is 0.0268. The van der Waals surface area contributed by atoms with Crippen molar-refractivity contribution in [3.05, 3.63) is 52.0 Å². The molecule has 6 nitrogen and oxygen atoms in total. The van der Waals surface area contributed by atoms with Crippen molar-refractivity contribution in [2.45, 2.75) is 50.9 Å². The summed E-state index contributed by atoms with van der Waals surface area (Å²) in [4.78, 5) is 7.78. The van der Waals surface area contributed by atoms with Crippen molar-refractivity contribution in [3.8, 4) is 17.2 Å². The number of fused-ring (bicyclic) bond motifs is 1. The van der Waals surface area contributed by atoms with E-state index in [2.05, 4.69) is 46.1 Å². The zero-order valence-electron chi connectivity index (χ0n) is 17.9. The van der Waals surface area contributed by atoms with Gasteiger partial charge in [-0.05, 0) is 68.7 Å².